The summed E-state index contributed by atoms with van der Waals surface area (Å²) in [6.45, 7) is 0.869. The Kier molecular flexibility index (Phi) is 6.24. The molecule has 0 bridgehead atoms. The van der Waals surface area contributed by atoms with Gasteiger partial charge < -0.3 is 5.32 Å². The van der Waals surface area contributed by atoms with Crippen LogP contribution in [-0.2, 0) is 4.79 Å². The quantitative estimate of drug-likeness (QED) is 0.529. The molecular weight excluding hydrogens is 242 g/mol. The van der Waals surface area contributed by atoms with Gasteiger partial charge in [0.2, 0.25) is 5.91 Å². The summed E-state index contributed by atoms with van der Waals surface area (Å²) in [7, 11) is 0. The number of carbonyl (C=O) groups is 1. The fourth-order valence-corrected chi connectivity index (χ4v) is 1.85. The number of carbonyl (C=O) groups excluding carboxylic acids is 1. The lowest BCUT2D eigenvalue weighted by molar-refractivity contribution is -0.121. The highest BCUT2D eigenvalue weighted by molar-refractivity contribution is 9.09. The highest BCUT2D eigenvalue weighted by atomic mass is 79.9. The number of rotatable bonds is 8. The van der Waals surface area contributed by atoms with Crippen molar-refractivity contribution in [2.45, 2.75) is 44.9 Å². The smallest absolute Gasteiger partial charge is 0.220 e. The predicted octanol–water partition coefficient (Wildman–Crippen LogP) is 2.86. The molecule has 2 nitrogen and oxygen atoms in total. The fraction of sp³-hybridized carbons (Fsp3) is 0.909. The molecule has 14 heavy (non-hydrogen) atoms. The second-order valence-electron chi connectivity index (χ2n) is 4.10. The molecule has 0 aromatic rings. The van der Waals surface area contributed by atoms with E-state index in [1.807, 2.05) is 0 Å². The van der Waals surface area contributed by atoms with E-state index in [1.54, 1.807) is 0 Å². The molecule has 1 amide bonds. The molecule has 1 aliphatic carbocycles. The van der Waals surface area contributed by atoms with Crippen molar-refractivity contribution in [2.75, 3.05) is 11.9 Å². The molecule has 1 saturated carbocycles. The van der Waals surface area contributed by atoms with E-state index < -0.39 is 0 Å². The molecule has 3 heteroatoms. The van der Waals surface area contributed by atoms with Crippen molar-refractivity contribution in [3.8, 4) is 0 Å². The van der Waals surface area contributed by atoms with Crippen molar-refractivity contribution in [2.24, 2.45) is 5.92 Å². The van der Waals surface area contributed by atoms with E-state index >= 15 is 0 Å². The van der Waals surface area contributed by atoms with Crippen molar-refractivity contribution >= 4 is 21.8 Å². The molecule has 0 heterocycles. The van der Waals surface area contributed by atoms with Gasteiger partial charge in [-0.3, -0.25) is 4.79 Å². The minimum Gasteiger partial charge on any atom is -0.356 e. The normalized spacial score (nSPS) is 15.5. The van der Waals surface area contributed by atoms with Crippen molar-refractivity contribution in [3.05, 3.63) is 0 Å². The molecule has 0 atom stereocenters. The number of hydrogen-bond acceptors (Lipinski definition) is 1. The Hall–Kier alpha value is -0.0500. The molecule has 1 fully saturated rings. The van der Waals surface area contributed by atoms with Crippen LogP contribution in [-0.4, -0.2) is 17.8 Å². The van der Waals surface area contributed by atoms with Gasteiger partial charge in [-0.25, -0.2) is 0 Å². The first kappa shape index (κ1) is 12.0. The molecule has 1 aliphatic rings. The first-order valence-corrected chi connectivity index (χ1v) is 6.77. The molecule has 1 N–H and O–H groups in total. The summed E-state index contributed by atoms with van der Waals surface area (Å²) in [6, 6.07) is 0. The number of hydrogen-bond donors (Lipinski definition) is 1. The lowest BCUT2D eigenvalue weighted by Crippen LogP contribution is -2.24. The summed E-state index contributed by atoms with van der Waals surface area (Å²) < 4.78 is 0. The summed E-state index contributed by atoms with van der Waals surface area (Å²) in [5.41, 5.74) is 0. The van der Waals surface area contributed by atoms with Crippen molar-refractivity contribution in [1.29, 1.82) is 0 Å². The van der Waals surface area contributed by atoms with E-state index in [0.29, 0.717) is 5.92 Å². The topological polar surface area (TPSA) is 29.1 Å². The lowest BCUT2D eigenvalue weighted by Gasteiger charge is -2.03. The second kappa shape index (κ2) is 7.27. The Labute approximate surface area is 95.0 Å². The Balaban J connectivity index is 1.80. The second-order valence-corrected chi connectivity index (χ2v) is 4.89. The van der Waals surface area contributed by atoms with Crippen LogP contribution >= 0.6 is 15.9 Å². The molecule has 82 valence electrons. The van der Waals surface area contributed by atoms with Crippen LogP contribution in [0.15, 0.2) is 0 Å². The average Bonchev–Trinajstić information content (AvgIpc) is 2.95. The van der Waals surface area contributed by atoms with E-state index in [9.17, 15) is 4.79 Å². The van der Waals surface area contributed by atoms with Gasteiger partial charge >= 0.3 is 0 Å². The van der Waals surface area contributed by atoms with Crippen LogP contribution in [0.3, 0.4) is 0 Å². The maximum absolute atomic E-state index is 11.3. The summed E-state index contributed by atoms with van der Waals surface area (Å²) in [5.74, 6) is 0.969. The van der Waals surface area contributed by atoms with Gasteiger partial charge in [-0.1, -0.05) is 28.8 Å². The zero-order valence-corrected chi connectivity index (χ0v) is 10.3. The number of halogens is 1. The molecule has 0 aromatic heterocycles. The van der Waals surface area contributed by atoms with Gasteiger partial charge in [0.1, 0.15) is 0 Å². The maximum atomic E-state index is 11.3. The molecule has 0 aromatic carbocycles. The van der Waals surface area contributed by atoms with E-state index in [2.05, 4.69) is 21.2 Å². The van der Waals surface area contributed by atoms with Crippen LogP contribution in [0.1, 0.15) is 44.9 Å². The first-order chi connectivity index (χ1) is 6.83. The SMILES string of the molecule is O=C(CC1CC1)NCCCCCCBr. The summed E-state index contributed by atoms with van der Waals surface area (Å²) >= 11 is 3.41. The predicted molar refractivity (Wildman–Crippen MR) is 62.6 cm³/mol. The van der Waals surface area contributed by atoms with E-state index in [0.717, 1.165) is 24.7 Å². The van der Waals surface area contributed by atoms with Crippen molar-refractivity contribution in [3.63, 3.8) is 0 Å². The van der Waals surface area contributed by atoms with Gasteiger partial charge in [0.05, 0.1) is 0 Å². The van der Waals surface area contributed by atoms with E-state index in [1.165, 1.54) is 32.1 Å². The van der Waals surface area contributed by atoms with Gasteiger partial charge in [-0.05, 0) is 31.6 Å². The summed E-state index contributed by atoms with van der Waals surface area (Å²) in [4.78, 5) is 11.3. The molecule has 0 radical (unpaired) electrons. The molecule has 0 aliphatic heterocycles. The Morgan fingerprint density at radius 3 is 2.57 bits per heavy atom. The van der Waals surface area contributed by atoms with Gasteiger partial charge in [0.15, 0.2) is 0 Å². The zero-order chi connectivity index (χ0) is 10.2. The number of amides is 1. The van der Waals surface area contributed by atoms with E-state index in [-0.39, 0.29) is 5.91 Å². The summed E-state index contributed by atoms with van der Waals surface area (Å²) in [5, 5.41) is 4.08. The average molecular weight is 262 g/mol. The van der Waals surface area contributed by atoms with Gasteiger partial charge in [0, 0.05) is 18.3 Å². The lowest BCUT2D eigenvalue weighted by atomic mass is 10.2. The standard InChI is InChI=1S/C11H20BrNO/c12-7-3-1-2-4-8-13-11(14)9-10-5-6-10/h10H,1-9H2,(H,13,14). The number of alkyl halides is 1. The molecule has 0 unspecified atom stereocenters. The Morgan fingerprint density at radius 2 is 1.93 bits per heavy atom. The largest absolute Gasteiger partial charge is 0.356 e. The highest BCUT2D eigenvalue weighted by Gasteiger charge is 2.23. The Bertz CT molecular complexity index is 169. The van der Waals surface area contributed by atoms with Crippen LogP contribution in [0.5, 0.6) is 0 Å². The molecular formula is C11H20BrNO. The minimum atomic E-state index is 0.257. The third-order valence-corrected chi connectivity index (χ3v) is 3.11. The zero-order valence-electron chi connectivity index (χ0n) is 8.73. The maximum Gasteiger partial charge on any atom is 0.220 e. The van der Waals surface area contributed by atoms with Gasteiger partial charge in [-0.2, -0.15) is 0 Å². The van der Waals surface area contributed by atoms with Crippen molar-refractivity contribution < 1.29 is 4.79 Å². The third-order valence-electron chi connectivity index (χ3n) is 2.55. The van der Waals surface area contributed by atoms with Gasteiger partial charge in [-0.15, -0.1) is 0 Å². The van der Waals surface area contributed by atoms with Gasteiger partial charge in [0.25, 0.3) is 0 Å². The number of nitrogens with one attached hydrogen (secondary N) is 1. The highest BCUT2D eigenvalue weighted by Crippen LogP contribution is 2.31. The van der Waals surface area contributed by atoms with Crippen LogP contribution < -0.4 is 5.32 Å². The van der Waals surface area contributed by atoms with Crippen LogP contribution in [0, 0.1) is 5.92 Å². The first-order valence-electron chi connectivity index (χ1n) is 5.65. The van der Waals surface area contributed by atoms with Crippen LogP contribution in [0.2, 0.25) is 0 Å². The third kappa shape index (κ3) is 6.41. The van der Waals surface area contributed by atoms with Crippen LogP contribution in [0.4, 0.5) is 0 Å². The Morgan fingerprint density at radius 1 is 1.21 bits per heavy atom. The van der Waals surface area contributed by atoms with E-state index in [4.69, 9.17) is 0 Å². The summed E-state index contributed by atoms with van der Waals surface area (Å²) in [6.07, 6.45) is 8.16. The monoisotopic (exact) mass is 261 g/mol. The molecule has 0 spiro atoms. The van der Waals surface area contributed by atoms with Crippen molar-refractivity contribution in [1.82, 2.24) is 5.32 Å². The fourth-order valence-electron chi connectivity index (χ4n) is 1.46. The minimum absolute atomic E-state index is 0.257. The number of unbranched alkanes of at least 4 members (excludes halogenated alkanes) is 3. The molecule has 0 saturated heterocycles. The molecule has 1 rings (SSSR count). The van der Waals surface area contributed by atoms with Crippen LogP contribution in [0.25, 0.3) is 0 Å².